The SMILES string of the molecule is COC(C=O)C=NCc1ccc(Br)cc1. The van der Waals surface area contributed by atoms with Crippen LogP contribution in [0.1, 0.15) is 5.56 Å². The zero-order valence-electron chi connectivity index (χ0n) is 8.39. The third kappa shape index (κ3) is 4.36. The van der Waals surface area contributed by atoms with Crippen LogP contribution in [0.15, 0.2) is 33.7 Å². The van der Waals surface area contributed by atoms with E-state index in [0.717, 1.165) is 10.0 Å². The predicted octanol–water partition coefficient (Wildman–Crippen LogP) is 2.23. The lowest BCUT2D eigenvalue weighted by Gasteiger charge is -2.00. The summed E-state index contributed by atoms with van der Waals surface area (Å²) in [6, 6.07) is 7.87. The topological polar surface area (TPSA) is 38.7 Å². The Morgan fingerprint density at radius 1 is 1.47 bits per heavy atom. The summed E-state index contributed by atoms with van der Waals surface area (Å²) in [6.45, 7) is 0.557. The second-order valence-corrected chi connectivity index (χ2v) is 3.87. The molecule has 0 spiro atoms. The highest BCUT2D eigenvalue weighted by Crippen LogP contribution is 2.10. The fraction of sp³-hybridized carbons (Fsp3) is 0.273. The second-order valence-electron chi connectivity index (χ2n) is 2.95. The monoisotopic (exact) mass is 269 g/mol. The van der Waals surface area contributed by atoms with Gasteiger partial charge in [-0.25, -0.2) is 0 Å². The maximum atomic E-state index is 10.4. The quantitative estimate of drug-likeness (QED) is 0.608. The molecule has 0 fully saturated rings. The van der Waals surface area contributed by atoms with Crippen LogP contribution in [0.2, 0.25) is 0 Å². The van der Waals surface area contributed by atoms with Gasteiger partial charge in [0.15, 0.2) is 6.29 Å². The molecule has 4 heteroatoms. The van der Waals surface area contributed by atoms with Crippen molar-refractivity contribution in [1.82, 2.24) is 0 Å². The molecule has 0 radical (unpaired) electrons. The number of carbonyl (C=O) groups excluding carboxylic acids is 1. The molecule has 0 aliphatic rings. The Morgan fingerprint density at radius 3 is 2.67 bits per heavy atom. The van der Waals surface area contributed by atoms with E-state index in [1.807, 2.05) is 24.3 Å². The average Bonchev–Trinajstić information content (AvgIpc) is 2.27. The van der Waals surface area contributed by atoms with Crippen molar-refractivity contribution in [2.24, 2.45) is 4.99 Å². The molecule has 3 nitrogen and oxygen atoms in total. The van der Waals surface area contributed by atoms with Crippen molar-refractivity contribution in [2.45, 2.75) is 12.6 Å². The number of carbonyl (C=O) groups is 1. The van der Waals surface area contributed by atoms with Gasteiger partial charge in [0.05, 0.1) is 6.54 Å². The minimum Gasteiger partial charge on any atom is -0.368 e. The summed E-state index contributed by atoms with van der Waals surface area (Å²) in [5, 5.41) is 0. The third-order valence-corrected chi connectivity index (χ3v) is 2.37. The van der Waals surface area contributed by atoms with Crippen LogP contribution in [0.3, 0.4) is 0 Å². The van der Waals surface area contributed by atoms with Crippen LogP contribution in [0.25, 0.3) is 0 Å². The maximum absolute atomic E-state index is 10.4. The van der Waals surface area contributed by atoms with Crippen LogP contribution >= 0.6 is 15.9 Å². The Morgan fingerprint density at radius 2 is 2.13 bits per heavy atom. The van der Waals surface area contributed by atoms with Crippen molar-refractivity contribution in [3.05, 3.63) is 34.3 Å². The number of hydrogen-bond acceptors (Lipinski definition) is 3. The first-order chi connectivity index (χ1) is 7.26. The molecule has 1 unspecified atom stereocenters. The predicted molar refractivity (Wildman–Crippen MR) is 63.2 cm³/mol. The van der Waals surface area contributed by atoms with Crippen LogP contribution < -0.4 is 0 Å². The minimum absolute atomic E-state index is 0.541. The summed E-state index contributed by atoms with van der Waals surface area (Å²) < 4.78 is 5.87. The summed E-state index contributed by atoms with van der Waals surface area (Å²) >= 11 is 3.35. The molecule has 0 aliphatic carbocycles. The van der Waals surface area contributed by atoms with Gasteiger partial charge in [-0.05, 0) is 17.7 Å². The fourth-order valence-electron chi connectivity index (χ4n) is 1.00. The molecule has 1 aromatic carbocycles. The van der Waals surface area contributed by atoms with Gasteiger partial charge in [-0.15, -0.1) is 0 Å². The van der Waals surface area contributed by atoms with Gasteiger partial charge in [-0.2, -0.15) is 0 Å². The van der Waals surface area contributed by atoms with Crippen LogP contribution in [-0.4, -0.2) is 25.7 Å². The zero-order valence-corrected chi connectivity index (χ0v) is 9.98. The molecule has 0 aliphatic heterocycles. The number of methoxy groups -OCH3 is 1. The van der Waals surface area contributed by atoms with Crippen molar-refractivity contribution in [3.8, 4) is 0 Å². The van der Waals surface area contributed by atoms with Crippen LogP contribution in [0.5, 0.6) is 0 Å². The molecule has 80 valence electrons. The van der Waals surface area contributed by atoms with Crippen molar-refractivity contribution in [1.29, 1.82) is 0 Å². The number of halogens is 1. The summed E-state index contributed by atoms with van der Waals surface area (Å²) in [4.78, 5) is 14.5. The van der Waals surface area contributed by atoms with Gasteiger partial charge in [-0.1, -0.05) is 28.1 Å². The third-order valence-electron chi connectivity index (χ3n) is 1.85. The Hall–Kier alpha value is -1.000. The highest BCUT2D eigenvalue weighted by Gasteiger charge is 1.98. The molecule has 1 atom stereocenters. The van der Waals surface area contributed by atoms with E-state index < -0.39 is 6.10 Å². The fourth-order valence-corrected chi connectivity index (χ4v) is 1.27. The number of nitrogens with zero attached hydrogens (tertiary/aromatic N) is 1. The van der Waals surface area contributed by atoms with E-state index in [0.29, 0.717) is 12.8 Å². The highest BCUT2D eigenvalue weighted by atomic mass is 79.9. The number of aliphatic imine (C=N–C) groups is 1. The van der Waals surface area contributed by atoms with Gasteiger partial charge < -0.3 is 9.53 Å². The number of rotatable bonds is 5. The summed E-state index contributed by atoms with van der Waals surface area (Å²) in [7, 11) is 1.48. The standard InChI is InChI=1S/C11H12BrNO2/c1-15-11(8-14)7-13-6-9-2-4-10(12)5-3-9/h2-5,7-8,11H,6H2,1H3. The molecule has 0 heterocycles. The molecule has 0 amide bonds. The normalized spacial score (nSPS) is 12.9. The van der Waals surface area contributed by atoms with E-state index in [2.05, 4.69) is 20.9 Å². The van der Waals surface area contributed by atoms with Gasteiger partial charge in [0.25, 0.3) is 0 Å². The summed E-state index contributed by atoms with van der Waals surface area (Å²) in [6.07, 6.45) is 1.68. The smallest absolute Gasteiger partial charge is 0.154 e. The number of benzene rings is 1. The molecule has 0 saturated heterocycles. The Kier molecular flexibility index (Phi) is 5.21. The molecule has 15 heavy (non-hydrogen) atoms. The molecule has 0 bridgehead atoms. The van der Waals surface area contributed by atoms with Crippen molar-refractivity contribution >= 4 is 28.4 Å². The van der Waals surface area contributed by atoms with Crippen molar-refractivity contribution < 1.29 is 9.53 Å². The Bertz CT molecular complexity index is 335. The van der Waals surface area contributed by atoms with E-state index in [-0.39, 0.29) is 0 Å². The first-order valence-electron chi connectivity index (χ1n) is 4.48. The lowest BCUT2D eigenvalue weighted by molar-refractivity contribution is -0.113. The molecule has 0 N–H and O–H groups in total. The first-order valence-corrected chi connectivity index (χ1v) is 5.28. The zero-order chi connectivity index (χ0) is 11.1. The number of ether oxygens (including phenoxy) is 1. The number of hydrogen-bond donors (Lipinski definition) is 0. The average molecular weight is 270 g/mol. The van der Waals surface area contributed by atoms with E-state index in [1.165, 1.54) is 13.3 Å². The second kappa shape index (κ2) is 6.48. The van der Waals surface area contributed by atoms with Gasteiger partial charge in [0.1, 0.15) is 6.10 Å². The van der Waals surface area contributed by atoms with Gasteiger partial charge in [-0.3, -0.25) is 4.99 Å². The van der Waals surface area contributed by atoms with Crippen LogP contribution in [0.4, 0.5) is 0 Å². The lowest BCUT2D eigenvalue weighted by atomic mass is 10.2. The molecule has 1 rings (SSSR count). The molecule has 1 aromatic rings. The Balaban J connectivity index is 2.49. The molecular weight excluding hydrogens is 258 g/mol. The largest absolute Gasteiger partial charge is 0.368 e. The highest BCUT2D eigenvalue weighted by molar-refractivity contribution is 9.10. The van der Waals surface area contributed by atoms with E-state index in [1.54, 1.807) is 0 Å². The lowest BCUT2D eigenvalue weighted by Crippen LogP contribution is -2.13. The number of aldehydes is 1. The summed E-state index contributed by atoms with van der Waals surface area (Å²) in [5.41, 5.74) is 1.09. The van der Waals surface area contributed by atoms with E-state index >= 15 is 0 Å². The van der Waals surface area contributed by atoms with E-state index in [9.17, 15) is 4.79 Å². The van der Waals surface area contributed by atoms with Crippen molar-refractivity contribution in [3.63, 3.8) is 0 Å². The Labute approximate surface area is 97.3 Å². The first kappa shape index (κ1) is 12.1. The minimum atomic E-state index is -0.541. The maximum Gasteiger partial charge on any atom is 0.154 e. The van der Waals surface area contributed by atoms with Crippen molar-refractivity contribution in [2.75, 3.05) is 7.11 Å². The van der Waals surface area contributed by atoms with Crippen LogP contribution in [-0.2, 0) is 16.1 Å². The molecule has 0 aromatic heterocycles. The van der Waals surface area contributed by atoms with Gasteiger partial charge in [0.2, 0.25) is 0 Å². The van der Waals surface area contributed by atoms with Gasteiger partial charge >= 0.3 is 0 Å². The van der Waals surface area contributed by atoms with E-state index in [4.69, 9.17) is 4.74 Å². The van der Waals surface area contributed by atoms with Gasteiger partial charge in [0, 0.05) is 17.8 Å². The molecule has 0 saturated carbocycles. The molecular formula is C11H12BrNO2. The van der Waals surface area contributed by atoms with Crippen LogP contribution in [0, 0.1) is 0 Å². The summed E-state index contributed by atoms with van der Waals surface area (Å²) in [5.74, 6) is 0.